The lowest BCUT2D eigenvalue weighted by Crippen LogP contribution is -2.44. The lowest BCUT2D eigenvalue weighted by atomic mass is 9.73. The molecule has 6 rings (SSSR count). The number of nitrogens with one attached hydrogen (secondary N) is 1. The minimum Gasteiger partial charge on any atom is -0.463 e. The van der Waals surface area contributed by atoms with Gasteiger partial charge in [-0.3, -0.25) is 14.7 Å². The van der Waals surface area contributed by atoms with Crippen LogP contribution in [0.2, 0.25) is 0 Å². The standard InChI is InChI=1S/C25H28FN5O3/c26-16-9-24(6-2-8-31(24)12-16)14-33-23-29-20-10-25(34-13-18(20)22(32)30-23)7-1-3-15-4-5-19(28)17(11-27)21(15)25/h4-5,16H,1-3,6-10,12-14,28H2,(H,29,30,32)/t16?,24-,25?/m0/s1. The number of halogens is 1. The number of nitriles is 1. The summed E-state index contributed by atoms with van der Waals surface area (Å²) in [5.74, 6) is 0. The van der Waals surface area contributed by atoms with Gasteiger partial charge in [0.1, 0.15) is 24.4 Å². The first-order valence-electron chi connectivity index (χ1n) is 12.0. The Hall–Kier alpha value is -2.96. The number of nitrogens with two attached hydrogens (primary N) is 1. The first-order valence-corrected chi connectivity index (χ1v) is 12.0. The van der Waals surface area contributed by atoms with Gasteiger partial charge in [-0.1, -0.05) is 6.07 Å². The number of aromatic nitrogens is 2. The molecule has 1 aromatic carbocycles. The van der Waals surface area contributed by atoms with Crippen molar-refractivity contribution < 1.29 is 13.9 Å². The number of aryl methyl sites for hydroxylation is 1. The number of benzene rings is 1. The molecule has 0 saturated carbocycles. The molecule has 3 N–H and O–H groups in total. The van der Waals surface area contributed by atoms with Crippen molar-refractivity contribution in [3.8, 4) is 12.1 Å². The third-order valence-corrected chi connectivity index (χ3v) is 8.18. The zero-order valence-electron chi connectivity index (χ0n) is 19.0. The van der Waals surface area contributed by atoms with Crippen molar-refractivity contribution in [1.82, 2.24) is 14.9 Å². The van der Waals surface area contributed by atoms with Crippen LogP contribution in [0.3, 0.4) is 0 Å². The lowest BCUT2D eigenvalue weighted by molar-refractivity contribution is -0.0863. The molecule has 0 radical (unpaired) electrons. The number of rotatable bonds is 3. The average Bonchev–Trinajstić information content (AvgIpc) is 3.34. The molecule has 2 fully saturated rings. The van der Waals surface area contributed by atoms with Crippen LogP contribution >= 0.6 is 0 Å². The molecule has 9 heteroatoms. The molecular formula is C25H28FN5O3. The van der Waals surface area contributed by atoms with Gasteiger partial charge in [-0.15, -0.1) is 0 Å². The first-order chi connectivity index (χ1) is 16.4. The molecule has 1 aliphatic carbocycles. The molecule has 2 unspecified atom stereocenters. The second kappa shape index (κ2) is 7.79. The summed E-state index contributed by atoms with van der Waals surface area (Å²) in [6.07, 6.45) is 4.37. The van der Waals surface area contributed by atoms with Crippen LogP contribution in [0, 0.1) is 11.3 Å². The molecule has 0 bridgehead atoms. The Kier molecular flexibility index (Phi) is 4.94. The Morgan fingerprint density at radius 2 is 2.26 bits per heavy atom. The van der Waals surface area contributed by atoms with Gasteiger partial charge in [0.15, 0.2) is 0 Å². The van der Waals surface area contributed by atoms with Crippen LogP contribution in [-0.4, -0.2) is 46.3 Å². The molecule has 2 saturated heterocycles. The van der Waals surface area contributed by atoms with Crippen molar-refractivity contribution >= 4 is 5.69 Å². The predicted molar refractivity (Wildman–Crippen MR) is 122 cm³/mol. The quantitative estimate of drug-likeness (QED) is 0.669. The van der Waals surface area contributed by atoms with Crippen LogP contribution in [0.4, 0.5) is 10.1 Å². The SMILES string of the molecule is N#Cc1c(N)ccc2c1C1(CCC2)Cc2nc(OC[C@@]34CCCN3CC(F)C4)[nH]c(=O)c2CO1. The smallest absolute Gasteiger partial charge is 0.296 e. The zero-order chi connectivity index (χ0) is 23.5. The maximum atomic E-state index is 14.1. The number of anilines is 1. The van der Waals surface area contributed by atoms with E-state index in [1.54, 1.807) is 6.07 Å². The van der Waals surface area contributed by atoms with Crippen molar-refractivity contribution in [3.05, 3.63) is 50.4 Å². The predicted octanol–water partition coefficient (Wildman–Crippen LogP) is 2.48. The van der Waals surface area contributed by atoms with E-state index in [4.69, 9.17) is 15.2 Å². The van der Waals surface area contributed by atoms with Gasteiger partial charge in [-0.25, -0.2) is 9.37 Å². The number of ether oxygens (including phenoxy) is 2. The molecule has 3 aliphatic heterocycles. The normalized spacial score (nSPS) is 29.9. The number of hydrogen-bond acceptors (Lipinski definition) is 7. The minimum atomic E-state index is -0.843. The molecule has 1 spiro atoms. The molecule has 4 heterocycles. The van der Waals surface area contributed by atoms with Crippen molar-refractivity contribution in [3.63, 3.8) is 0 Å². The Morgan fingerprint density at radius 1 is 1.38 bits per heavy atom. The van der Waals surface area contributed by atoms with E-state index >= 15 is 0 Å². The van der Waals surface area contributed by atoms with E-state index in [2.05, 4.69) is 20.9 Å². The Bertz CT molecular complexity index is 1260. The van der Waals surface area contributed by atoms with E-state index < -0.39 is 11.8 Å². The van der Waals surface area contributed by atoms with Crippen LogP contribution in [0.1, 0.15) is 60.1 Å². The number of nitrogens with zero attached hydrogens (tertiary/aromatic N) is 3. The van der Waals surface area contributed by atoms with Crippen molar-refractivity contribution in [2.45, 2.75) is 68.9 Å². The highest BCUT2D eigenvalue weighted by atomic mass is 19.1. The first kappa shape index (κ1) is 21.6. The summed E-state index contributed by atoms with van der Waals surface area (Å²) in [7, 11) is 0. The van der Waals surface area contributed by atoms with Crippen LogP contribution in [-0.2, 0) is 29.8 Å². The highest BCUT2D eigenvalue weighted by Gasteiger charge is 2.49. The van der Waals surface area contributed by atoms with E-state index in [0.717, 1.165) is 49.8 Å². The highest BCUT2D eigenvalue weighted by Crippen LogP contribution is 2.46. The molecule has 1 aromatic heterocycles. The number of aromatic amines is 1. The van der Waals surface area contributed by atoms with Gasteiger partial charge in [0.25, 0.3) is 11.6 Å². The average molecular weight is 466 g/mol. The van der Waals surface area contributed by atoms with Crippen molar-refractivity contribution in [1.29, 1.82) is 5.26 Å². The summed E-state index contributed by atoms with van der Waals surface area (Å²) in [5, 5.41) is 9.83. The summed E-state index contributed by atoms with van der Waals surface area (Å²) in [6.45, 7) is 1.73. The van der Waals surface area contributed by atoms with Gasteiger partial charge >= 0.3 is 0 Å². The summed E-state index contributed by atoms with van der Waals surface area (Å²) >= 11 is 0. The number of fused-ring (bicyclic) bond motifs is 4. The number of H-pyrrole nitrogens is 1. The number of alkyl halides is 1. The zero-order valence-corrected chi connectivity index (χ0v) is 19.0. The van der Waals surface area contributed by atoms with Crippen molar-refractivity contribution in [2.24, 2.45) is 0 Å². The number of hydrogen-bond donors (Lipinski definition) is 2. The topological polar surface area (TPSA) is 117 Å². The van der Waals surface area contributed by atoms with Crippen LogP contribution in [0.15, 0.2) is 16.9 Å². The maximum absolute atomic E-state index is 14.1. The van der Waals surface area contributed by atoms with Gasteiger partial charge in [0.05, 0.1) is 29.0 Å². The third-order valence-electron chi connectivity index (χ3n) is 8.18. The maximum Gasteiger partial charge on any atom is 0.296 e. The largest absolute Gasteiger partial charge is 0.463 e. The van der Waals surface area contributed by atoms with Gasteiger partial charge in [-0.2, -0.15) is 5.26 Å². The molecular weight excluding hydrogens is 437 g/mol. The summed E-state index contributed by atoms with van der Waals surface area (Å²) in [4.78, 5) is 22.4. The van der Waals surface area contributed by atoms with E-state index in [1.807, 2.05) is 6.07 Å². The molecule has 0 amide bonds. The minimum absolute atomic E-state index is 0.109. The Labute approximate surface area is 196 Å². The van der Waals surface area contributed by atoms with Gasteiger partial charge in [-0.05, 0) is 50.3 Å². The van der Waals surface area contributed by atoms with Gasteiger partial charge < -0.3 is 15.2 Å². The second-order valence-electron chi connectivity index (χ2n) is 10.1. The van der Waals surface area contributed by atoms with E-state index in [9.17, 15) is 14.4 Å². The number of nitrogen functional groups attached to an aromatic ring is 1. The molecule has 3 atom stereocenters. The molecule has 178 valence electrons. The summed E-state index contributed by atoms with van der Waals surface area (Å²) < 4.78 is 26.4. The third kappa shape index (κ3) is 3.23. The lowest BCUT2D eigenvalue weighted by Gasteiger charge is -2.42. The second-order valence-corrected chi connectivity index (χ2v) is 10.1. The van der Waals surface area contributed by atoms with Crippen LogP contribution < -0.4 is 16.0 Å². The highest BCUT2D eigenvalue weighted by molar-refractivity contribution is 5.63. The molecule has 2 aromatic rings. The fourth-order valence-electron chi connectivity index (χ4n) is 6.59. The van der Waals surface area contributed by atoms with Crippen LogP contribution in [0.25, 0.3) is 0 Å². The van der Waals surface area contributed by atoms with Crippen LogP contribution in [0.5, 0.6) is 6.01 Å². The summed E-state index contributed by atoms with van der Waals surface area (Å²) in [5.41, 5.74) is 8.67. The molecule has 4 aliphatic rings. The monoisotopic (exact) mass is 465 g/mol. The molecule has 34 heavy (non-hydrogen) atoms. The van der Waals surface area contributed by atoms with Gasteiger partial charge in [0, 0.05) is 30.6 Å². The molecule has 8 nitrogen and oxygen atoms in total. The van der Waals surface area contributed by atoms with E-state index in [0.29, 0.717) is 48.5 Å². The van der Waals surface area contributed by atoms with Crippen molar-refractivity contribution in [2.75, 3.05) is 25.4 Å². The fraction of sp³-hybridized carbons (Fsp3) is 0.560. The fourth-order valence-corrected chi connectivity index (χ4v) is 6.59. The van der Waals surface area contributed by atoms with E-state index in [-0.39, 0.29) is 23.7 Å². The van der Waals surface area contributed by atoms with Gasteiger partial charge in [0.2, 0.25) is 0 Å². The Balaban J connectivity index is 1.32. The Morgan fingerprint density at radius 3 is 3.12 bits per heavy atom. The summed E-state index contributed by atoms with van der Waals surface area (Å²) in [6, 6.07) is 6.17. The van der Waals surface area contributed by atoms with E-state index in [1.165, 1.54) is 0 Å².